The summed E-state index contributed by atoms with van der Waals surface area (Å²) < 4.78 is 2.29. The van der Waals surface area contributed by atoms with Crippen molar-refractivity contribution in [2.45, 2.75) is 20.4 Å². The molecule has 0 fully saturated rings. The first kappa shape index (κ1) is 18.7. The maximum Gasteiger partial charge on any atom is 0.269 e. The molecule has 0 saturated carbocycles. The molecule has 0 radical (unpaired) electrons. The highest BCUT2D eigenvalue weighted by Gasteiger charge is 2.13. The molecule has 0 amide bonds. The summed E-state index contributed by atoms with van der Waals surface area (Å²) in [5.74, 6) is 0. The topological polar surface area (TPSA) is 48.1 Å². The number of nitrogens with zero attached hydrogens (tertiary/aromatic N) is 2. The number of nitro groups is 1. The average Bonchev–Trinajstić information content (AvgIpc) is 3.03. The van der Waals surface area contributed by atoms with Gasteiger partial charge in [-0.3, -0.25) is 10.1 Å². The second kappa shape index (κ2) is 7.76. The van der Waals surface area contributed by atoms with Gasteiger partial charge in [0.1, 0.15) is 0 Å². The van der Waals surface area contributed by atoms with Crippen molar-refractivity contribution >= 4 is 5.69 Å². The van der Waals surface area contributed by atoms with E-state index in [2.05, 4.69) is 73.0 Å². The normalized spacial score (nSPS) is 10.8. The van der Waals surface area contributed by atoms with E-state index in [9.17, 15) is 10.1 Å². The summed E-state index contributed by atoms with van der Waals surface area (Å²) in [6.07, 6.45) is 0. The van der Waals surface area contributed by atoms with Crippen molar-refractivity contribution in [2.24, 2.45) is 0 Å². The lowest BCUT2D eigenvalue weighted by Crippen LogP contribution is -2.03. The number of benzene rings is 3. The number of aryl methyl sites for hydroxylation is 1. The Labute approximate surface area is 170 Å². The zero-order valence-corrected chi connectivity index (χ0v) is 16.5. The van der Waals surface area contributed by atoms with Gasteiger partial charge in [0.2, 0.25) is 0 Å². The zero-order chi connectivity index (χ0) is 20.4. The highest BCUT2D eigenvalue weighted by molar-refractivity contribution is 5.68. The Morgan fingerprint density at radius 3 is 2.00 bits per heavy atom. The Morgan fingerprint density at radius 1 is 0.793 bits per heavy atom. The number of hydrogen-bond donors (Lipinski definition) is 0. The fourth-order valence-electron chi connectivity index (χ4n) is 3.72. The van der Waals surface area contributed by atoms with Gasteiger partial charge < -0.3 is 4.57 Å². The lowest BCUT2D eigenvalue weighted by molar-refractivity contribution is -0.384. The molecule has 4 rings (SSSR count). The molecule has 4 nitrogen and oxygen atoms in total. The minimum Gasteiger partial charge on any atom is -0.344 e. The van der Waals surface area contributed by atoms with Crippen LogP contribution in [0.25, 0.3) is 22.3 Å². The zero-order valence-electron chi connectivity index (χ0n) is 16.5. The molecule has 3 aromatic carbocycles. The van der Waals surface area contributed by atoms with E-state index in [1.54, 1.807) is 12.1 Å². The van der Waals surface area contributed by atoms with Crippen LogP contribution >= 0.6 is 0 Å². The number of aromatic nitrogens is 1. The summed E-state index contributed by atoms with van der Waals surface area (Å²) in [6.45, 7) is 4.99. The molecule has 0 unspecified atom stereocenters. The molecular formula is C25H22N2O2. The van der Waals surface area contributed by atoms with Crippen LogP contribution in [0.5, 0.6) is 0 Å². The van der Waals surface area contributed by atoms with Crippen molar-refractivity contribution in [1.29, 1.82) is 0 Å². The highest BCUT2D eigenvalue weighted by Crippen LogP contribution is 2.29. The highest BCUT2D eigenvalue weighted by atomic mass is 16.6. The van der Waals surface area contributed by atoms with Gasteiger partial charge in [-0.15, -0.1) is 0 Å². The summed E-state index contributed by atoms with van der Waals surface area (Å²) in [5.41, 5.74) is 8.21. The summed E-state index contributed by atoms with van der Waals surface area (Å²) in [4.78, 5) is 10.5. The van der Waals surface area contributed by atoms with Gasteiger partial charge in [-0.05, 0) is 54.3 Å². The predicted octanol–water partition coefficient (Wildman–Crippen LogP) is 6.40. The third-order valence-electron chi connectivity index (χ3n) is 5.36. The molecule has 0 aliphatic carbocycles. The summed E-state index contributed by atoms with van der Waals surface area (Å²) >= 11 is 0. The van der Waals surface area contributed by atoms with Crippen molar-refractivity contribution in [3.05, 3.63) is 112 Å². The van der Waals surface area contributed by atoms with E-state index < -0.39 is 0 Å². The van der Waals surface area contributed by atoms with Crippen LogP contribution in [0.4, 0.5) is 5.69 Å². The van der Waals surface area contributed by atoms with E-state index in [1.165, 1.54) is 22.4 Å². The minimum atomic E-state index is -0.369. The van der Waals surface area contributed by atoms with E-state index in [0.717, 1.165) is 23.4 Å². The lowest BCUT2D eigenvalue weighted by Gasteiger charge is -2.11. The monoisotopic (exact) mass is 382 g/mol. The molecule has 0 N–H and O–H groups in total. The lowest BCUT2D eigenvalue weighted by atomic mass is 10.0. The first-order valence-corrected chi connectivity index (χ1v) is 9.59. The molecule has 0 saturated heterocycles. The van der Waals surface area contributed by atoms with Gasteiger partial charge in [0.05, 0.1) is 4.92 Å². The Kier molecular flexibility index (Phi) is 5.00. The minimum absolute atomic E-state index is 0.112. The standard InChI is InChI=1S/C25H22N2O2/c1-18-16-25(23-12-14-24(15-13-23)27(28)29)19(2)26(18)17-20-8-10-22(11-9-20)21-6-4-3-5-7-21/h3-16H,17H2,1-2H3. The molecule has 0 aliphatic heterocycles. The van der Waals surface area contributed by atoms with Crippen molar-refractivity contribution in [2.75, 3.05) is 0 Å². The molecule has 0 spiro atoms. The fourth-order valence-corrected chi connectivity index (χ4v) is 3.72. The van der Waals surface area contributed by atoms with Crippen LogP contribution in [0.15, 0.2) is 84.9 Å². The molecule has 0 bridgehead atoms. The van der Waals surface area contributed by atoms with Gasteiger partial charge in [-0.2, -0.15) is 0 Å². The van der Waals surface area contributed by atoms with Gasteiger partial charge in [-0.1, -0.05) is 54.6 Å². The maximum atomic E-state index is 10.9. The van der Waals surface area contributed by atoms with E-state index in [1.807, 2.05) is 18.2 Å². The smallest absolute Gasteiger partial charge is 0.269 e. The summed E-state index contributed by atoms with van der Waals surface area (Å²) in [6, 6.07) is 27.9. The fraction of sp³-hybridized carbons (Fsp3) is 0.120. The van der Waals surface area contributed by atoms with Crippen molar-refractivity contribution in [3.8, 4) is 22.3 Å². The van der Waals surface area contributed by atoms with Gasteiger partial charge in [0, 0.05) is 35.6 Å². The van der Waals surface area contributed by atoms with Crippen molar-refractivity contribution in [3.63, 3.8) is 0 Å². The molecule has 0 atom stereocenters. The number of nitro benzene ring substituents is 1. The molecular weight excluding hydrogens is 360 g/mol. The van der Waals surface area contributed by atoms with Crippen LogP contribution in [0.2, 0.25) is 0 Å². The molecule has 4 aromatic rings. The van der Waals surface area contributed by atoms with Gasteiger partial charge in [-0.25, -0.2) is 0 Å². The van der Waals surface area contributed by atoms with E-state index >= 15 is 0 Å². The van der Waals surface area contributed by atoms with Crippen LogP contribution in [0.3, 0.4) is 0 Å². The molecule has 1 heterocycles. The summed E-state index contributed by atoms with van der Waals surface area (Å²) in [7, 11) is 0. The van der Waals surface area contributed by atoms with Crippen LogP contribution < -0.4 is 0 Å². The first-order valence-electron chi connectivity index (χ1n) is 9.59. The Morgan fingerprint density at radius 2 is 1.38 bits per heavy atom. The Hall–Kier alpha value is -3.66. The number of rotatable bonds is 5. The Balaban J connectivity index is 1.59. The number of hydrogen-bond acceptors (Lipinski definition) is 2. The van der Waals surface area contributed by atoms with Crippen molar-refractivity contribution in [1.82, 2.24) is 4.57 Å². The molecule has 4 heteroatoms. The molecule has 0 aliphatic rings. The summed E-state index contributed by atoms with van der Waals surface area (Å²) in [5, 5.41) is 10.9. The van der Waals surface area contributed by atoms with Crippen LogP contribution in [0, 0.1) is 24.0 Å². The van der Waals surface area contributed by atoms with Gasteiger partial charge >= 0.3 is 0 Å². The third kappa shape index (κ3) is 3.83. The van der Waals surface area contributed by atoms with E-state index in [0.29, 0.717) is 0 Å². The van der Waals surface area contributed by atoms with Crippen LogP contribution in [-0.4, -0.2) is 9.49 Å². The van der Waals surface area contributed by atoms with Gasteiger partial charge in [0.25, 0.3) is 5.69 Å². The van der Waals surface area contributed by atoms with E-state index in [-0.39, 0.29) is 10.6 Å². The largest absolute Gasteiger partial charge is 0.344 e. The molecule has 144 valence electrons. The first-order chi connectivity index (χ1) is 14.0. The van der Waals surface area contributed by atoms with Crippen LogP contribution in [-0.2, 0) is 6.54 Å². The predicted molar refractivity (Wildman–Crippen MR) is 117 cm³/mol. The second-order valence-electron chi connectivity index (χ2n) is 7.24. The number of non-ortho nitro benzene ring substituents is 1. The van der Waals surface area contributed by atoms with Gasteiger partial charge in [0.15, 0.2) is 0 Å². The SMILES string of the molecule is Cc1cc(-c2ccc([N+](=O)[O-])cc2)c(C)n1Cc1ccc(-c2ccccc2)cc1. The second-order valence-corrected chi connectivity index (χ2v) is 7.24. The maximum absolute atomic E-state index is 10.9. The van der Waals surface area contributed by atoms with Crippen LogP contribution in [0.1, 0.15) is 17.0 Å². The Bertz CT molecular complexity index is 1140. The molecule has 29 heavy (non-hydrogen) atoms. The quantitative estimate of drug-likeness (QED) is 0.296. The molecule has 1 aromatic heterocycles. The van der Waals surface area contributed by atoms with Crippen molar-refractivity contribution < 1.29 is 4.92 Å². The third-order valence-corrected chi connectivity index (χ3v) is 5.36. The van der Waals surface area contributed by atoms with E-state index in [4.69, 9.17) is 0 Å². The average molecular weight is 382 g/mol.